The number of alkyl halides is 3. The van der Waals surface area contributed by atoms with Crippen LogP contribution in [-0.2, 0) is 14.3 Å². The zero-order valence-corrected chi connectivity index (χ0v) is 16.5. The highest BCUT2D eigenvalue weighted by Gasteiger charge is 2.38. The molecule has 1 aliphatic heterocycles. The summed E-state index contributed by atoms with van der Waals surface area (Å²) >= 11 is 1.51. The smallest absolute Gasteiger partial charge is 0.365 e. The molecule has 0 aromatic carbocycles. The predicted octanol–water partition coefficient (Wildman–Crippen LogP) is 0.970. The maximum Gasteiger partial charge on any atom is 0.471 e. The van der Waals surface area contributed by atoms with Gasteiger partial charge in [0, 0.05) is 12.6 Å². The number of halogens is 3. The van der Waals surface area contributed by atoms with E-state index in [0.717, 1.165) is 0 Å². The number of H-pyrrole nitrogens is 1. The van der Waals surface area contributed by atoms with Crippen molar-refractivity contribution in [2.75, 3.05) is 18.7 Å². The number of amides is 1. The van der Waals surface area contributed by atoms with E-state index in [-0.39, 0.29) is 17.8 Å². The van der Waals surface area contributed by atoms with Gasteiger partial charge < -0.3 is 14.8 Å². The second-order valence-electron chi connectivity index (χ2n) is 6.08. The molecule has 2 heterocycles. The maximum absolute atomic E-state index is 12.2. The van der Waals surface area contributed by atoms with Crippen LogP contribution in [0.15, 0.2) is 15.8 Å². The molecule has 1 aromatic rings. The molecule has 2 rings (SSSR count). The van der Waals surface area contributed by atoms with Crippen LogP contribution in [0.1, 0.15) is 31.6 Å². The zero-order valence-electron chi connectivity index (χ0n) is 15.7. The van der Waals surface area contributed by atoms with Crippen LogP contribution in [0.2, 0.25) is 0 Å². The highest BCUT2D eigenvalue weighted by molar-refractivity contribution is 7.98. The number of thioether (sulfide) groups is 1. The third kappa shape index (κ3) is 6.12. The van der Waals surface area contributed by atoms with Crippen molar-refractivity contribution in [3.8, 4) is 11.8 Å². The summed E-state index contributed by atoms with van der Waals surface area (Å²) in [6.45, 7) is 1.31. The van der Waals surface area contributed by atoms with Gasteiger partial charge in [0.1, 0.15) is 11.8 Å². The molecule has 1 saturated heterocycles. The summed E-state index contributed by atoms with van der Waals surface area (Å²) in [6.07, 6.45) is -2.00. The monoisotopic (exact) mass is 435 g/mol. The molecule has 0 bridgehead atoms. The lowest BCUT2D eigenvalue weighted by molar-refractivity contribution is -0.173. The molecule has 0 spiro atoms. The van der Waals surface area contributed by atoms with E-state index in [1.807, 2.05) is 13.2 Å². The minimum atomic E-state index is -5.02. The van der Waals surface area contributed by atoms with Gasteiger partial charge in [-0.25, -0.2) is 4.79 Å². The number of ether oxygens (including phenoxy) is 2. The Morgan fingerprint density at radius 2 is 2.21 bits per heavy atom. The van der Waals surface area contributed by atoms with E-state index in [4.69, 9.17) is 9.47 Å². The molecule has 3 unspecified atom stereocenters. The number of nitrogens with one attached hydrogen (secondary N) is 2. The summed E-state index contributed by atoms with van der Waals surface area (Å²) in [7, 11) is 0. The van der Waals surface area contributed by atoms with Crippen LogP contribution < -0.4 is 16.6 Å². The Labute approximate surface area is 168 Å². The van der Waals surface area contributed by atoms with Gasteiger partial charge in [-0.3, -0.25) is 19.1 Å². The Kier molecular flexibility index (Phi) is 7.95. The van der Waals surface area contributed by atoms with Crippen LogP contribution >= 0.6 is 11.8 Å². The second kappa shape index (κ2) is 10.00. The Morgan fingerprint density at radius 1 is 1.48 bits per heavy atom. The number of carbonyl (C=O) groups is 1. The van der Waals surface area contributed by atoms with E-state index in [1.165, 1.54) is 22.5 Å². The fraction of sp³-hybridized carbons (Fsp3) is 0.588. The lowest BCUT2D eigenvalue weighted by atomic mass is 10.1. The summed E-state index contributed by atoms with van der Waals surface area (Å²) in [5.41, 5.74) is -1.63. The molecular formula is C17H20F3N3O5S. The van der Waals surface area contributed by atoms with Crippen molar-refractivity contribution in [2.24, 2.45) is 0 Å². The standard InChI is InChI=1S/C17H20F3N3O5S/c1-3-11-12(27-9-29-2)7-13(28-11)23-8-10(14(24)22-16(23)26)5-4-6-21-15(25)17(18,19)20/h8,11-13H,3,6-7,9H2,1-2H3,(H,21,25)(H,22,24,26). The van der Waals surface area contributed by atoms with Gasteiger partial charge >= 0.3 is 17.8 Å². The molecule has 1 aromatic heterocycles. The maximum atomic E-state index is 12.2. The van der Waals surface area contributed by atoms with E-state index in [9.17, 15) is 27.6 Å². The Hall–Kier alpha value is -2.23. The first kappa shape index (κ1) is 23.1. The molecule has 2 N–H and O–H groups in total. The van der Waals surface area contributed by atoms with Crippen molar-refractivity contribution in [3.05, 3.63) is 32.6 Å². The van der Waals surface area contributed by atoms with E-state index in [1.54, 1.807) is 5.32 Å². The second-order valence-corrected chi connectivity index (χ2v) is 6.89. The molecule has 0 saturated carbocycles. The number of nitrogens with zero attached hydrogens (tertiary/aromatic N) is 1. The van der Waals surface area contributed by atoms with Crippen molar-refractivity contribution in [2.45, 2.75) is 44.4 Å². The van der Waals surface area contributed by atoms with Crippen LogP contribution in [0.25, 0.3) is 0 Å². The Balaban J connectivity index is 2.16. The fourth-order valence-corrected chi connectivity index (χ4v) is 3.03. The summed E-state index contributed by atoms with van der Waals surface area (Å²) in [5, 5.41) is 1.57. The number of hydrogen-bond donors (Lipinski definition) is 2. The lowest BCUT2D eigenvalue weighted by Gasteiger charge is -2.16. The van der Waals surface area contributed by atoms with E-state index < -0.39 is 36.1 Å². The summed E-state index contributed by atoms with van der Waals surface area (Å²) in [5.74, 6) is 2.95. The molecule has 29 heavy (non-hydrogen) atoms. The number of hydrogen-bond acceptors (Lipinski definition) is 6. The molecule has 1 amide bonds. The number of carbonyl (C=O) groups excluding carboxylic acids is 1. The van der Waals surface area contributed by atoms with Crippen molar-refractivity contribution in [1.29, 1.82) is 0 Å². The van der Waals surface area contributed by atoms with Crippen LogP contribution in [0.3, 0.4) is 0 Å². The first-order chi connectivity index (χ1) is 13.7. The minimum Gasteiger partial charge on any atom is -0.365 e. The molecule has 1 aliphatic rings. The van der Waals surface area contributed by atoms with Crippen LogP contribution in [-0.4, -0.2) is 52.6 Å². The van der Waals surface area contributed by atoms with Gasteiger partial charge in [0.25, 0.3) is 5.56 Å². The molecule has 0 radical (unpaired) electrons. The van der Waals surface area contributed by atoms with E-state index in [0.29, 0.717) is 18.8 Å². The number of rotatable bonds is 6. The number of aromatic nitrogens is 2. The molecular weight excluding hydrogens is 415 g/mol. The fourth-order valence-electron chi connectivity index (χ4n) is 2.72. The van der Waals surface area contributed by atoms with Crippen molar-refractivity contribution in [1.82, 2.24) is 14.9 Å². The van der Waals surface area contributed by atoms with E-state index in [2.05, 4.69) is 16.8 Å². The highest BCUT2D eigenvalue weighted by atomic mass is 32.2. The normalized spacial score (nSPS) is 21.5. The van der Waals surface area contributed by atoms with E-state index >= 15 is 0 Å². The largest absolute Gasteiger partial charge is 0.471 e. The molecule has 0 aliphatic carbocycles. The molecule has 3 atom stereocenters. The topological polar surface area (TPSA) is 102 Å². The molecule has 8 nitrogen and oxygen atoms in total. The average molecular weight is 435 g/mol. The third-order valence-corrected chi connectivity index (χ3v) is 4.45. The van der Waals surface area contributed by atoms with Gasteiger partial charge in [-0.05, 0) is 12.7 Å². The quantitative estimate of drug-likeness (QED) is 0.510. The summed E-state index contributed by atoms with van der Waals surface area (Å²) in [4.78, 5) is 36.9. The van der Waals surface area contributed by atoms with Gasteiger partial charge in [-0.2, -0.15) is 13.2 Å². The molecule has 160 valence electrons. The van der Waals surface area contributed by atoms with Crippen LogP contribution in [0.5, 0.6) is 0 Å². The van der Waals surface area contributed by atoms with Gasteiger partial charge in [0.2, 0.25) is 0 Å². The Morgan fingerprint density at radius 3 is 2.83 bits per heavy atom. The van der Waals surface area contributed by atoms with Crippen molar-refractivity contribution in [3.63, 3.8) is 0 Å². The average Bonchev–Trinajstić information content (AvgIpc) is 3.06. The summed E-state index contributed by atoms with van der Waals surface area (Å²) in [6, 6.07) is 0. The van der Waals surface area contributed by atoms with Crippen molar-refractivity contribution < 1.29 is 27.4 Å². The predicted molar refractivity (Wildman–Crippen MR) is 99.3 cm³/mol. The first-order valence-electron chi connectivity index (χ1n) is 8.62. The summed E-state index contributed by atoms with van der Waals surface area (Å²) < 4.78 is 49.1. The Bertz CT molecular complexity index is 903. The minimum absolute atomic E-state index is 0.143. The number of aromatic amines is 1. The van der Waals surface area contributed by atoms with Crippen LogP contribution in [0.4, 0.5) is 13.2 Å². The lowest BCUT2D eigenvalue weighted by Crippen LogP contribution is -2.37. The SMILES string of the molecule is CCC1OC(n2cc(C#CCNC(=O)C(F)(F)F)c(=O)[nH]c2=O)CC1OCSC. The molecule has 1 fully saturated rings. The van der Waals surface area contributed by atoms with Gasteiger partial charge in [0.05, 0.1) is 24.7 Å². The van der Waals surface area contributed by atoms with Crippen molar-refractivity contribution >= 4 is 17.7 Å². The van der Waals surface area contributed by atoms with Crippen LogP contribution in [0, 0.1) is 11.8 Å². The first-order valence-corrected chi connectivity index (χ1v) is 10.0. The molecule has 12 heteroatoms. The zero-order chi connectivity index (χ0) is 21.6. The third-order valence-electron chi connectivity index (χ3n) is 4.08. The van der Waals surface area contributed by atoms with Gasteiger partial charge in [-0.1, -0.05) is 18.8 Å². The van der Waals surface area contributed by atoms with Gasteiger partial charge in [-0.15, -0.1) is 11.8 Å². The highest BCUT2D eigenvalue weighted by Crippen LogP contribution is 2.31. The van der Waals surface area contributed by atoms with Gasteiger partial charge in [0.15, 0.2) is 0 Å².